The van der Waals surface area contributed by atoms with Gasteiger partial charge in [-0.3, -0.25) is 0 Å². The highest BCUT2D eigenvalue weighted by molar-refractivity contribution is 7.17. The van der Waals surface area contributed by atoms with E-state index in [9.17, 15) is 10.5 Å². The molecule has 0 saturated carbocycles. The van der Waals surface area contributed by atoms with Crippen molar-refractivity contribution in [2.24, 2.45) is 0 Å². The van der Waals surface area contributed by atoms with E-state index in [2.05, 4.69) is 317 Å². The van der Waals surface area contributed by atoms with Gasteiger partial charge in [-0.25, -0.2) is 0 Å². The van der Waals surface area contributed by atoms with Crippen LogP contribution in [0.2, 0.25) is 0 Å². The number of hydrogen-bond acceptors (Lipinski definition) is 9. The number of hydrogen-bond donors (Lipinski definition) is 0. The Bertz CT molecular complexity index is 5780. The summed E-state index contributed by atoms with van der Waals surface area (Å²) < 4.78 is 25.1. The van der Waals surface area contributed by atoms with Gasteiger partial charge in [0.05, 0.1) is 23.5 Å². The summed E-state index contributed by atoms with van der Waals surface area (Å²) in [6, 6.07) is 93.1. The monoisotopic (exact) mass is 1440 g/mol. The van der Waals surface area contributed by atoms with Crippen molar-refractivity contribution < 1.29 is 18.9 Å². The molecule has 2 aliphatic rings. The van der Waals surface area contributed by atoms with Gasteiger partial charge in [0.15, 0.2) is 11.5 Å². The number of nitriles is 2. The third-order valence-electron chi connectivity index (χ3n) is 21.8. The van der Waals surface area contributed by atoms with Crippen molar-refractivity contribution in [2.75, 3.05) is 43.3 Å². The minimum Gasteiger partial charge on any atom is -0.497 e. The van der Waals surface area contributed by atoms with Crippen LogP contribution in [0.3, 0.4) is 0 Å². The standard InChI is InChI=1S/C100H92N4O4S/c1-14-103-77(61-83(69(62-101)63-102)80-27-21-22-28-86(80)103)47-54-87-94-95(108-58-57-107-94)96(109-87)68-33-41-74(42-34-68)104(75-43-48-78(105-13)49-44-75)76-45-50-79(51-46-76)106-56-55-100(11,12)71-37-31-67(32-38-71)89-82-53-40-73(99(8,9)10)60-85(82)90(64-23-17-15-18-24-64)92-88(66-29-35-70(36-30-66)97(2,3)4)81-52-39-72(98(5,6)7)59-84(81)91(93(89)92)65-25-19-16-20-26-65/h15-54,59-61H,14,55-58H2,1-13H3/b54-47+. The van der Waals surface area contributed by atoms with Gasteiger partial charge in [-0.05, 0) is 237 Å². The molecule has 0 saturated heterocycles. The summed E-state index contributed by atoms with van der Waals surface area (Å²) in [6.45, 7) is 29.7. The van der Waals surface area contributed by atoms with Crippen LogP contribution in [0, 0.1) is 22.7 Å². The Balaban J connectivity index is 0.755. The normalized spacial score (nSPS) is 13.1. The largest absolute Gasteiger partial charge is 0.497 e. The van der Waals surface area contributed by atoms with Crippen LogP contribution in [0.4, 0.5) is 22.7 Å². The van der Waals surface area contributed by atoms with Crippen LogP contribution < -0.4 is 28.7 Å². The highest BCUT2D eigenvalue weighted by atomic mass is 32.1. The van der Waals surface area contributed by atoms with Gasteiger partial charge in [0.2, 0.25) is 0 Å². The van der Waals surface area contributed by atoms with Gasteiger partial charge in [-0.15, -0.1) is 11.3 Å². The zero-order valence-electron chi connectivity index (χ0n) is 64.7. The first-order valence-electron chi connectivity index (χ1n) is 37.9. The van der Waals surface area contributed by atoms with E-state index >= 15 is 0 Å². The molecule has 0 N–H and O–H groups in total. The van der Waals surface area contributed by atoms with E-state index in [4.69, 9.17) is 18.9 Å². The number of anilines is 4. The van der Waals surface area contributed by atoms with Gasteiger partial charge in [0.25, 0.3) is 0 Å². The molecule has 542 valence electrons. The maximum atomic E-state index is 9.98. The first-order chi connectivity index (χ1) is 52.5. The maximum absolute atomic E-state index is 9.98. The van der Waals surface area contributed by atoms with Crippen LogP contribution in [0.15, 0.2) is 266 Å². The van der Waals surface area contributed by atoms with E-state index in [-0.39, 0.29) is 27.2 Å². The summed E-state index contributed by atoms with van der Waals surface area (Å²) in [5, 5.41) is 27.4. The number of thiophene rings is 1. The second kappa shape index (κ2) is 29.4. The van der Waals surface area contributed by atoms with Gasteiger partial charge in [-0.2, -0.15) is 10.5 Å². The van der Waals surface area contributed by atoms with Crippen LogP contribution >= 0.6 is 11.3 Å². The molecule has 0 bridgehead atoms. The predicted molar refractivity (Wildman–Crippen MR) is 457 cm³/mol. The Morgan fingerprint density at radius 1 is 0.477 bits per heavy atom. The van der Waals surface area contributed by atoms with Crippen molar-refractivity contribution in [1.82, 2.24) is 0 Å². The molecule has 13 aromatic rings. The van der Waals surface area contributed by atoms with E-state index in [0.717, 1.165) is 67.2 Å². The van der Waals surface area contributed by atoms with E-state index < -0.39 is 0 Å². The zero-order chi connectivity index (χ0) is 76.1. The Hall–Kier alpha value is -11.9. The molecule has 1 aromatic heterocycles. The first-order valence-corrected chi connectivity index (χ1v) is 38.7. The number of benzene rings is 12. The molecular formula is C100H92N4O4S. The molecule has 2 aliphatic heterocycles. The van der Waals surface area contributed by atoms with Crippen LogP contribution in [-0.4, -0.2) is 33.5 Å². The molecule has 0 unspecified atom stereocenters. The molecule has 0 atom stereocenters. The lowest BCUT2D eigenvalue weighted by Gasteiger charge is -2.31. The van der Waals surface area contributed by atoms with Crippen LogP contribution in [0.5, 0.6) is 23.0 Å². The first kappa shape index (κ1) is 72.7. The molecule has 9 heteroatoms. The molecular weight excluding hydrogens is 1350 g/mol. The summed E-state index contributed by atoms with van der Waals surface area (Å²) in [5.41, 5.74) is 21.6. The molecule has 0 amide bonds. The van der Waals surface area contributed by atoms with Gasteiger partial charge >= 0.3 is 0 Å². The molecule has 3 heterocycles. The van der Waals surface area contributed by atoms with Crippen molar-refractivity contribution in [2.45, 2.75) is 111 Å². The number of methoxy groups -OCH3 is 1. The molecule has 12 aromatic carbocycles. The second-order valence-electron chi connectivity index (χ2n) is 32.3. The van der Waals surface area contributed by atoms with E-state index in [1.165, 1.54) is 99.1 Å². The van der Waals surface area contributed by atoms with Crippen LogP contribution in [0.1, 0.15) is 122 Å². The highest BCUT2D eigenvalue weighted by Gasteiger charge is 2.32. The van der Waals surface area contributed by atoms with Gasteiger partial charge in [0.1, 0.15) is 42.4 Å². The number of nitrogens with zero attached hydrogens (tertiary/aromatic N) is 4. The third-order valence-corrected chi connectivity index (χ3v) is 22.9. The van der Waals surface area contributed by atoms with E-state index in [0.29, 0.717) is 43.4 Å². The van der Waals surface area contributed by atoms with Crippen molar-refractivity contribution in [3.05, 3.63) is 299 Å². The lowest BCUT2D eigenvalue weighted by molar-refractivity contribution is 0.174. The quantitative estimate of drug-likeness (QED) is 0.0658. The third kappa shape index (κ3) is 14.1. The molecule has 0 spiro atoms. The van der Waals surface area contributed by atoms with Crippen LogP contribution in [0.25, 0.3) is 98.9 Å². The van der Waals surface area contributed by atoms with Crippen molar-refractivity contribution in [1.29, 1.82) is 10.5 Å². The summed E-state index contributed by atoms with van der Waals surface area (Å²) in [4.78, 5) is 6.30. The Kier molecular flexibility index (Phi) is 19.6. The number of fused-ring (bicyclic) bond motifs is 5. The second-order valence-corrected chi connectivity index (χ2v) is 33.3. The molecule has 0 fully saturated rings. The Labute approximate surface area is 646 Å². The molecule has 15 rings (SSSR count). The molecule has 8 nitrogen and oxygen atoms in total. The molecule has 0 aliphatic carbocycles. The van der Waals surface area contributed by atoms with E-state index in [1.807, 2.05) is 48.6 Å². The highest BCUT2D eigenvalue weighted by Crippen LogP contribution is 2.56. The SMILES string of the molecule is CCN1C(/C=C/c2sc(-c3ccc(N(c4ccc(OC)cc4)c4ccc(OCCC(C)(C)c5ccc(-c6c7ccc(C(C)(C)C)cc7c(-c7ccccc7)c7c(-c8ccc(C(C)(C)C)cc8)c8ccc(C(C)(C)C)cc8c(-c8ccccc8)c67)cc5)cc4)cc3)c3c2OCCO3)=CC(=C(C#N)C#N)c2ccccc21. The number of para-hydroxylation sites is 1. The van der Waals surface area contributed by atoms with Gasteiger partial charge < -0.3 is 28.7 Å². The fraction of sp³-hybridized carbons (Fsp3) is 0.220. The predicted octanol–water partition coefficient (Wildman–Crippen LogP) is 26.7. The number of likely N-dealkylation sites (N-methyl/N-ethyl adjacent to an activating group) is 1. The lowest BCUT2D eigenvalue weighted by Crippen LogP contribution is -2.25. The van der Waals surface area contributed by atoms with Gasteiger partial charge in [-0.1, -0.05) is 240 Å². The Morgan fingerprint density at radius 3 is 1.41 bits per heavy atom. The average molecular weight is 1450 g/mol. The maximum Gasteiger partial charge on any atom is 0.180 e. The minimum atomic E-state index is -0.248. The minimum absolute atomic E-state index is 0.0162. The van der Waals surface area contributed by atoms with Gasteiger partial charge in [0, 0.05) is 46.1 Å². The van der Waals surface area contributed by atoms with Crippen molar-refractivity contribution in [3.63, 3.8) is 0 Å². The number of rotatable bonds is 17. The Morgan fingerprint density at radius 2 is 0.917 bits per heavy atom. The topological polar surface area (TPSA) is 91.0 Å². The van der Waals surface area contributed by atoms with E-state index in [1.54, 1.807) is 18.4 Å². The average Bonchev–Trinajstić information content (AvgIpc) is 1.12. The summed E-state index contributed by atoms with van der Waals surface area (Å²) >= 11 is 1.61. The summed E-state index contributed by atoms with van der Waals surface area (Å²) in [5.74, 6) is 2.98. The van der Waals surface area contributed by atoms with Crippen LogP contribution in [-0.2, 0) is 21.7 Å². The van der Waals surface area contributed by atoms with Crippen molar-refractivity contribution in [3.8, 4) is 90.1 Å². The fourth-order valence-corrected chi connectivity index (χ4v) is 16.7. The molecule has 0 radical (unpaired) electrons. The smallest absolute Gasteiger partial charge is 0.180 e. The number of allylic oxidation sites excluding steroid dienone is 4. The summed E-state index contributed by atoms with van der Waals surface area (Å²) in [7, 11) is 1.69. The van der Waals surface area contributed by atoms with Crippen molar-refractivity contribution >= 4 is 78.1 Å². The lowest BCUT2D eigenvalue weighted by atomic mass is 9.75. The molecule has 109 heavy (non-hydrogen) atoms. The fourth-order valence-electron chi connectivity index (χ4n) is 15.7. The number of ether oxygens (including phenoxy) is 4. The summed E-state index contributed by atoms with van der Waals surface area (Å²) in [6.07, 6.45) is 6.80. The zero-order valence-corrected chi connectivity index (χ0v) is 65.5.